The molecule has 2 aromatic rings. The van der Waals surface area contributed by atoms with Gasteiger partial charge in [0.2, 0.25) is 0 Å². The fourth-order valence-electron chi connectivity index (χ4n) is 2.35. The molecule has 0 aliphatic carbocycles. The zero-order valence-electron chi connectivity index (χ0n) is 17.7. The van der Waals surface area contributed by atoms with Gasteiger partial charge < -0.3 is 18.9 Å². The highest BCUT2D eigenvalue weighted by Gasteiger charge is 2.18. The first-order valence-corrected chi connectivity index (χ1v) is 9.21. The number of esters is 1. The lowest BCUT2D eigenvalue weighted by atomic mass is 10.2. The highest BCUT2D eigenvalue weighted by atomic mass is 16.6. The van der Waals surface area contributed by atoms with E-state index in [-0.39, 0.29) is 6.61 Å². The van der Waals surface area contributed by atoms with Gasteiger partial charge in [-0.15, -0.1) is 0 Å². The van der Waals surface area contributed by atoms with Crippen molar-refractivity contribution in [3.8, 4) is 11.5 Å². The normalized spacial score (nSPS) is 11.1. The Balaban J connectivity index is 2.27. The van der Waals surface area contributed by atoms with Crippen molar-refractivity contribution in [1.29, 1.82) is 0 Å². The van der Waals surface area contributed by atoms with Crippen LogP contribution in [-0.4, -0.2) is 36.9 Å². The van der Waals surface area contributed by atoms with E-state index < -0.39 is 17.7 Å². The highest BCUT2D eigenvalue weighted by Crippen LogP contribution is 2.28. The van der Waals surface area contributed by atoms with Crippen LogP contribution in [0.1, 0.15) is 31.9 Å². The third-order valence-electron chi connectivity index (χ3n) is 3.73. The first-order chi connectivity index (χ1) is 14.2. The smallest absolute Gasteiger partial charge is 0.412 e. The third-order valence-corrected chi connectivity index (χ3v) is 3.73. The number of rotatable bonds is 7. The van der Waals surface area contributed by atoms with E-state index in [0.29, 0.717) is 17.0 Å². The Kier molecular flexibility index (Phi) is 7.80. The molecule has 0 unspecified atom stereocenters. The summed E-state index contributed by atoms with van der Waals surface area (Å²) in [5, 5.41) is 2.64. The molecule has 1 N–H and O–H groups in total. The van der Waals surface area contributed by atoms with Crippen molar-refractivity contribution >= 4 is 23.8 Å². The van der Waals surface area contributed by atoms with Gasteiger partial charge in [-0.1, -0.05) is 12.1 Å². The Bertz CT molecular complexity index is 901. The summed E-state index contributed by atoms with van der Waals surface area (Å²) in [6, 6.07) is 7.41. The van der Waals surface area contributed by atoms with Crippen LogP contribution in [0.25, 0.3) is 6.08 Å². The number of hydrogen-bond acceptors (Lipinski definition) is 7. The minimum Gasteiger partial charge on any atom is -0.497 e. The van der Waals surface area contributed by atoms with Crippen LogP contribution in [0.5, 0.6) is 11.5 Å². The second-order valence-corrected chi connectivity index (χ2v) is 7.22. The average Bonchev–Trinajstić information content (AvgIpc) is 2.70. The highest BCUT2D eigenvalue weighted by molar-refractivity contribution is 5.92. The van der Waals surface area contributed by atoms with E-state index in [0.717, 1.165) is 11.3 Å². The molecule has 0 aliphatic heterocycles. The summed E-state index contributed by atoms with van der Waals surface area (Å²) in [7, 11) is 2.88. The SMILES string of the molecule is COC(=O)/C=C\c1c(NC(=O)OC(C)(C)C)cncc1OCc1ccc(OC)cc1. The Morgan fingerprint density at radius 3 is 2.40 bits per heavy atom. The first-order valence-electron chi connectivity index (χ1n) is 9.21. The molecular formula is C22H26N2O6. The van der Waals surface area contributed by atoms with Gasteiger partial charge in [0.15, 0.2) is 0 Å². The van der Waals surface area contributed by atoms with E-state index in [1.54, 1.807) is 27.9 Å². The lowest BCUT2D eigenvalue weighted by Gasteiger charge is -2.20. The monoisotopic (exact) mass is 414 g/mol. The molecule has 30 heavy (non-hydrogen) atoms. The van der Waals surface area contributed by atoms with Gasteiger partial charge >= 0.3 is 12.1 Å². The van der Waals surface area contributed by atoms with Crippen LogP contribution < -0.4 is 14.8 Å². The third kappa shape index (κ3) is 7.12. The molecule has 1 amide bonds. The molecular weight excluding hydrogens is 388 g/mol. The molecule has 1 aromatic carbocycles. The molecule has 1 heterocycles. The Labute approximate surface area is 175 Å². The number of benzene rings is 1. The van der Waals surface area contributed by atoms with Crippen LogP contribution in [0.2, 0.25) is 0 Å². The van der Waals surface area contributed by atoms with Gasteiger partial charge in [-0.3, -0.25) is 10.3 Å². The Morgan fingerprint density at radius 2 is 1.80 bits per heavy atom. The predicted octanol–water partition coefficient (Wildman–Crippen LogP) is 4.20. The van der Waals surface area contributed by atoms with Gasteiger partial charge in [0.25, 0.3) is 0 Å². The number of carbonyl (C=O) groups is 2. The van der Waals surface area contributed by atoms with Crippen molar-refractivity contribution < 1.29 is 28.5 Å². The number of nitrogens with zero attached hydrogens (tertiary/aromatic N) is 1. The second-order valence-electron chi connectivity index (χ2n) is 7.22. The largest absolute Gasteiger partial charge is 0.497 e. The minimum atomic E-state index is -0.665. The van der Waals surface area contributed by atoms with Gasteiger partial charge in [-0.25, -0.2) is 9.59 Å². The van der Waals surface area contributed by atoms with Crippen LogP contribution in [0.4, 0.5) is 10.5 Å². The van der Waals surface area contributed by atoms with Crippen molar-refractivity contribution in [2.24, 2.45) is 0 Å². The zero-order valence-corrected chi connectivity index (χ0v) is 17.7. The second kappa shape index (κ2) is 10.3. The summed E-state index contributed by atoms with van der Waals surface area (Å²) < 4.78 is 21.0. The lowest BCUT2D eigenvalue weighted by Crippen LogP contribution is -2.27. The van der Waals surface area contributed by atoms with Crippen molar-refractivity contribution in [3.05, 3.63) is 53.9 Å². The van der Waals surface area contributed by atoms with Crippen LogP contribution >= 0.6 is 0 Å². The maximum atomic E-state index is 12.2. The number of methoxy groups -OCH3 is 2. The summed E-state index contributed by atoms with van der Waals surface area (Å²) in [5.74, 6) is 0.571. The minimum absolute atomic E-state index is 0.251. The summed E-state index contributed by atoms with van der Waals surface area (Å²) >= 11 is 0. The number of pyridine rings is 1. The zero-order chi connectivity index (χ0) is 22.1. The topological polar surface area (TPSA) is 96.0 Å². The van der Waals surface area contributed by atoms with Crippen LogP contribution in [-0.2, 0) is 20.9 Å². The lowest BCUT2D eigenvalue weighted by molar-refractivity contribution is -0.134. The molecule has 0 aliphatic rings. The molecule has 8 nitrogen and oxygen atoms in total. The Hall–Kier alpha value is -3.55. The van der Waals surface area contributed by atoms with Crippen molar-refractivity contribution in [3.63, 3.8) is 0 Å². The molecule has 0 bridgehead atoms. The van der Waals surface area contributed by atoms with Gasteiger partial charge in [0, 0.05) is 11.6 Å². The molecule has 0 radical (unpaired) electrons. The summed E-state index contributed by atoms with van der Waals surface area (Å²) in [6.45, 7) is 5.53. The summed E-state index contributed by atoms with van der Waals surface area (Å²) in [5.41, 5.74) is 1.03. The number of aromatic nitrogens is 1. The molecule has 0 fully saturated rings. The van der Waals surface area contributed by atoms with Crippen LogP contribution in [0.15, 0.2) is 42.7 Å². The van der Waals surface area contributed by atoms with E-state index >= 15 is 0 Å². The predicted molar refractivity (Wildman–Crippen MR) is 112 cm³/mol. The molecule has 1 aromatic heterocycles. The maximum Gasteiger partial charge on any atom is 0.412 e. The number of anilines is 1. The molecule has 2 rings (SSSR count). The van der Waals surface area contributed by atoms with Crippen LogP contribution in [0.3, 0.4) is 0 Å². The number of nitrogens with one attached hydrogen (secondary N) is 1. The number of ether oxygens (including phenoxy) is 4. The first kappa shape index (κ1) is 22.7. The number of hydrogen-bond donors (Lipinski definition) is 1. The van der Waals surface area contributed by atoms with Crippen molar-refractivity contribution in [1.82, 2.24) is 4.98 Å². The van der Waals surface area contributed by atoms with Crippen molar-refractivity contribution in [2.75, 3.05) is 19.5 Å². The van der Waals surface area contributed by atoms with E-state index in [9.17, 15) is 9.59 Å². The van der Waals surface area contributed by atoms with Crippen molar-refractivity contribution in [2.45, 2.75) is 33.0 Å². The van der Waals surface area contributed by atoms with E-state index in [4.69, 9.17) is 14.2 Å². The molecule has 0 spiro atoms. The van der Waals surface area contributed by atoms with Gasteiger partial charge in [-0.05, 0) is 44.5 Å². The quantitative estimate of drug-likeness (QED) is 0.536. The standard InChI is InChI=1S/C22H26N2O6/c1-22(2,3)30-21(26)24-18-12-23-13-19(17(18)10-11-20(25)28-5)29-14-15-6-8-16(27-4)9-7-15/h6-13H,14H2,1-5H3,(H,24,26)/b11-10-. The molecule has 0 atom stereocenters. The maximum absolute atomic E-state index is 12.2. The molecule has 0 saturated heterocycles. The van der Waals surface area contributed by atoms with E-state index in [1.807, 2.05) is 24.3 Å². The summed E-state index contributed by atoms with van der Waals surface area (Å²) in [6.07, 6.45) is 5.02. The van der Waals surface area contributed by atoms with Gasteiger partial charge in [-0.2, -0.15) is 0 Å². The summed E-state index contributed by atoms with van der Waals surface area (Å²) in [4.78, 5) is 27.9. The molecule has 0 saturated carbocycles. The number of amides is 1. The fourth-order valence-corrected chi connectivity index (χ4v) is 2.35. The van der Waals surface area contributed by atoms with Crippen LogP contribution in [0, 0.1) is 0 Å². The average molecular weight is 414 g/mol. The molecule has 8 heteroatoms. The Morgan fingerprint density at radius 1 is 1.10 bits per heavy atom. The fraction of sp³-hybridized carbons (Fsp3) is 0.318. The molecule has 160 valence electrons. The number of carbonyl (C=O) groups excluding carboxylic acids is 2. The van der Waals surface area contributed by atoms with E-state index in [1.165, 1.54) is 31.7 Å². The van der Waals surface area contributed by atoms with Gasteiger partial charge in [0.1, 0.15) is 23.7 Å². The van der Waals surface area contributed by atoms with Gasteiger partial charge in [0.05, 0.1) is 32.3 Å². The van der Waals surface area contributed by atoms with E-state index in [2.05, 4.69) is 15.0 Å².